The molecular weight excluding hydrogens is 260 g/mol. The summed E-state index contributed by atoms with van der Waals surface area (Å²) >= 11 is 0. The first-order valence-corrected chi connectivity index (χ1v) is 7.38. The molecule has 0 unspecified atom stereocenters. The molecule has 2 heterocycles. The van der Waals surface area contributed by atoms with Crippen molar-refractivity contribution < 1.29 is 9.10 Å². The molecule has 0 radical (unpaired) electrons. The number of hydrogen-bond donors (Lipinski definition) is 0. The van der Waals surface area contributed by atoms with Crippen molar-refractivity contribution in [2.24, 2.45) is 0 Å². The molecule has 21 heavy (non-hydrogen) atoms. The van der Waals surface area contributed by atoms with E-state index in [-0.39, 0.29) is 0 Å². The van der Waals surface area contributed by atoms with Crippen LogP contribution in [0.15, 0.2) is 47.1 Å². The third-order valence-corrected chi connectivity index (χ3v) is 3.97. The fourth-order valence-corrected chi connectivity index (χ4v) is 3.04. The Balaban J connectivity index is 1.94. The standard InChI is InChI=1S/C18H17N2O/c1-13-10-17-19-12-16-9-5-8-15(18(16)20(17)21-13)11-14-6-3-2-4-7-14/h2-4,6-7,10-12H,5,8-9H2,1H3/q+1/b15-11-. The van der Waals surface area contributed by atoms with Crippen LogP contribution in [0.3, 0.4) is 0 Å². The summed E-state index contributed by atoms with van der Waals surface area (Å²) in [7, 11) is 0. The molecule has 0 amide bonds. The number of hydrogen-bond acceptors (Lipinski definition) is 2. The molecule has 0 bridgehead atoms. The fourth-order valence-electron chi connectivity index (χ4n) is 3.04. The molecule has 3 nitrogen and oxygen atoms in total. The number of benzene rings is 1. The minimum absolute atomic E-state index is 0.882. The lowest BCUT2D eigenvalue weighted by molar-refractivity contribution is -0.722. The molecular formula is C18H17N2O+. The van der Waals surface area contributed by atoms with Gasteiger partial charge in [-0.05, 0) is 47.4 Å². The number of fused-ring (bicyclic) bond motifs is 3. The summed E-state index contributed by atoms with van der Waals surface area (Å²) in [5, 5.41) is 0. The zero-order valence-corrected chi connectivity index (χ0v) is 12.0. The van der Waals surface area contributed by atoms with Crippen LogP contribution in [0.25, 0.3) is 17.3 Å². The second-order valence-corrected chi connectivity index (χ2v) is 5.56. The van der Waals surface area contributed by atoms with E-state index in [1.54, 1.807) is 0 Å². The first-order chi connectivity index (χ1) is 10.3. The van der Waals surface area contributed by atoms with Gasteiger partial charge in [0.2, 0.25) is 0 Å². The predicted octanol–water partition coefficient (Wildman–Crippen LogP) is 3.60. The molecule has 0 spiro atoms. The van der Waals surface area contributed by atoms with Crippen LogP contribution < -0.4 is 4.57 Å². The van der Waals surface area contributed by atoms with Crippen molar-refractivity contribution in [1.82, 2.24) is 4.98 Å². The summed E-state index contributed by atoms with van der Waals surface area (Å²) in [6.07, 6.45) is 7.57. The highest BCUT2D eigenvalue weighted by Crippen LogP contribution is 2.30. The molecule has 0 aliphatic heterocycles. The normalized spacial score (nSPS) is 16.3. The average Bonchev–Trinajstić information content (AvgIpc) is 2.89. The monoisotopic (exact) mass is 277 g/mol. The quantitative estimate of drug-likeness (QED) is 0.636. The van der Waals surface area contributed by atoms with Crippen LogP contribution >= 0.6 is 0 Å². The third-order valence-electron chi connectivity index (χ3n) is 3.97. The van der Waals surface area contributed by atoms with Crippen molar-refractivity contribution in [3.63, 3.8) is 0 Å². The van der Waals surface area contributed by atoms with E-state index in [1.165, 1.54) is 28.8 Å². The summed E-state index contributed by atoms with van der Waals surface area (Å²) in [4.78, 5) is 4.50. The van der Waals surface area contributed by atoms with Gasteiger partial charge < -0.3 is 4.52 Å². The summed E-state index contributed by atoms with van der Waals surface area (Å²) in [6.45, 7) is 1.96. The van der Waals surface area contributed by atoms with Crippen molar-refractivity contribution in [2.45, 2.75) is 26.2 Å². The largest absolute Gasteiger partial charge is 0.366 e. The molecule has 0 atom stereocenters. The Morgan fingerprint density at radius 1 is 1.19 bits per heavy atom. The van der Waals surface area contributed by atoms with Gasteiger partial charge >= 0.3 is 5.65 Å². The van der Waals surface area contributed by atoms with Gasteiger partial charge in [-0.25, -0.2) is 0 Å². The van der Waals surface area contributed by atoms with Crippen LogP contribution in [0.4, 0.5) is 0 Å². The van der Waals surface area contributed by atoms with E-state index in [1.807, 2.05) is 29.8 Å². The third kappa shape index (κ3) is 2.15. The molecule has 3 heteroatoms. The Morgan fingerprint density at radius 3 is 2.90 bits per heavy atom. The zero-order chi connectivity index (χ0) is 14.2. The Labute approximate surface area is 123 Å². The van der Waals surface area contributed by atoms with Gasteiger partial charge in [0.1, 0.15) is 6.20 Å². The SMILES string of the molecule is Cc1cc2ncc3c([n+]2o1)/C(=C\c1ccccc1)CCC3. The smallest absolute Gasteiger partial charge is 0.300 e. The number of allylic oxidation sites excluding steroid dienone is 1. The van der Waals surface area contributed by atoms with Crippen molar-refractivity contribution in [3.8, 4) is 0 Å². The molecule has 4 rings (SSSR count). The van der Waals surface area contributed by atoms with Gasteiger partial charge in [-0.15, -0.1) is 0 Å². The first kappa shape index (κ1) is 12.3. The molecule has 0 saturated heterocycles. The summed E-state index contributed by atoms with van der Waals surface area (Å²) in [5.74, 6) is 0.889. The van der Waals surface area contributed by atoms with Crippen LogP contribution in [0, 0.1) is 6.92 Å². The number of nitrogens with zero attached hydrogens (tertiary/aromatic N) is 2. The topological polar surface area (TPSA) is 30.1 Å². The first-order valence-electron chi connectivity index (χ1n) is 7.38. The van der Waals surface area contributed by atoms with Crippen LogP contribution in [-0.2, 0) is 6.42 Å². The summed E-state index contributed by atoms with van der Waals surface area (Å²) in [6, 6.07) is 12.4. The van der Waals surface area contributed by atoms with E-state index in [4.69, 9.17) is 4.52 Å². The van der Waals surface area contributed by atoms with Crippen molar-refractivity contribution >= 4 is 17.3 Å². The lowest BCUT2D eigenvalue weighted by atomic mass is 9.91. The van der Waals surface area contributed by atoms with Crippen LogP contribution in [0.1, 0.15) is 35.4 Å². The van der Waals surface area contributed by atoms with Gasteiger partial charge in [-0.2, -0.15) is 0 Å². The van der Waals surface area contributed by atoms with E-state index in [2.05, 4.69) is 35.3 Å². The Bertz CT molecular complexity index is 831. The van der Waals surface area contributed by atoms with Gasteiger partial charge in [0.25, 0.3) is 0 Å². The second-order valence-electron chi connectivity index (χ2n) is 5.56. The fraction of sp³-hybridized carbons (Fsp3) is 0.222. The van der Waals surface area contributed by atoms with Gasteiger partial charge in [-0.3, -0.25) is 0 Å². The Kier molecular flexibility index (Phi) is 2.85. The van der Waals surface area contributed by atoms with Crippen molar-refractivity contribution in [1.29, 1.82) is 0 Å². The predicted molar refractivity (Wildman–Crippen MR) is 81.7 cm³/mol. The maximum atomic E-state index is 5.85. The number of rotatable bonds is 1. The minimum Gasteiger partial charge on any atom is -0.300 e. The maximum absolute atomic E-state index is 5.85. The van der Waals surface area contributed by atoms with E-state index in [0.717, 1.165) is 24.2 Å². The Morgan fingerprint density at radius 2 is 2.05 bits per heavy atom. The molecule has 0 N–H and O–H groups in total. The summed E-state index contributed by atoms with van der Waals surface area (Å²) < 4.78 is 7.74. The molecule has 0 saturated carbocycles. The number of aromatic nitrogens is 2. The van der Waals surface area contributed by atoms with E-state index in [0.29, 0.717) is 0 Å². The van der Waals surface area contributed by atoms with Crippen LogP contribution in [0.2, 0.25) is 0 Å². The van der Waals surface area contributed by atoms with Crippen LogP contribution in [0.5, 0.6) is 0 Å². The Hall–Kier alpha value is -2.42. The second kappa shape index (κ2) is 4.85. The van der Waals surface area contributed by atoms with Gasteiger partial charge in [0.05, 0.1) is 6.07 Å². The molecule has 3 aromatic rings. The molecule has 0 fully saturated rings. The highest BCUT2D eigenvalue weighted by Gasteiger charge is 2.26. The average molecular weight is 277 g/mol. The molecule has 1 aliphatic carbocycles. The lowest BCUT2D eigenvalue weighted by Gasteiger charge is -2.14. The van der Waals surface area contributed by atoms with Crippen molar-refractivity contribution in [2.75, 3.05) is 0 Å². The zero-order valence-electron chi connectivity index (χ0n) is 12.0. The van der Waals surface area contributed by atoms with E-state index < -0.39 is 0 Å². The molecule has 2 aromatic heterocycles. The summed E-state index contributed by atoms with van der Waals surface area (Å²) in [5.41, 5.74) is 5.90. The number of aryl methyl sites for hydroxylation is 2. The van der Waals surface area contributed by atoms with Gasteiger partial charge in [0.15, 0.2) is 11.5 Å². The molecule has 1 aliphatic rings. The highest BCUT2D eigenvalue weighted by molar-refractivity contribution is 5.81. The van der Waals surface area contributed by atoms with E-state index in [9.17, 15) is 0 Å². The highest BCUT2D eigenvalue weighted by atomic mass is 16.5. The van der Waals surface area contributed by atoms with E-state index >= 15 is 0 Å². The van der Waals surface area contributed by atoms with Gasteiger partial charge in [-0.1, -0.05) is 30.3 Å². The molecule has 1 aromatic carbocycles. The van der Waals surface area contributed by atoms with Crippen molar-refractivity contribution in [3.05, 3.63) is 65.2 Å². The lowest BCUT2D eigenvalue weighted by Crippen LogP contribution is -2.29. The maximum Gasteiger partial charge on any atom is 0.366 e. The van der Waals surface area contributed by atoms with Gasteiger partial charge in [0, 0.05) is 11.1 Å². The van der Waals surface area contributed by atoms with Crippen LogP contribution in [-0.4, -0.2) is 4.98 Å². The minimum atomic E-state index is 0.882. The molecule has 104 valence electrons.